The minimum atomic E-state index is 0. The highest BCUT2D eigenvalue weighted by molar-refractivity contribution is 5.85. The van der Waals surface area contributed by atoms with Gasteiger partial charge in [0.25, 0.3) is 0 Å². The van der Waals surface area contributed by atoms with Gasteiger partial charge in [-0.1, -0.05) is 13.8 Å². The molecule has 1 aliphatic rings. The number of halogens is 1. The Morgan fingerprint density at radius 2 is 2.17 bits per heavy atom. The molecular formula is C18H28ClN3O. The standard InChI is InChI=1S/C18H27N3O.ClH/c1-3-10-19-13-6-5-7-14(11-13)22-18-9-8-17-16(12-20-21-17)15(18)4-2;/h8-9,12-14,19H,3-7,10-11H2,1-2H3,(H,20,21);1H/t13-,14+;/m1./s1. The highest BCUT2D eigenvalue weighted by atomic mass is 35.5. The highest BCUT2D eigenvalue weighted by Crippen LogP contribution is 2.31. The predicted molar refractivity (Wildman–Crippen MR) is 97.7 cm³/mol. The van der Waals surface area contributed by atoms with Crippen LogP contribution in [0.5, 0.6) is 5.75 Å². The molecule has 0 unspecified atom stereocenters. The van der Waals surface area contributed by atoms with E-state index in [2.05, 4.69) is 41.5 Å². The molecular weight excluding hydrogens is 310 g/mol. The van der Waals surface area contributed by atoms with E-state index in [1.54, 1.807) is 0 Å². The lowest BCUT2D eigenvalue weighted by molar-refractivity contribution is 0.134. The highest BCUT2D eigenvalue weighted by Gasteiger charge is 2.23. The lowest BCUT2D eigenvalue weighted by Gasteiger charge is -2.31. The topological polar surface area (TPSA) is 49.9 Å². The third kappa shape index (κ3) is 4.18. The van der Waals surface area contributed by atoms with Crippen molar-refractivity contribution in [3.05, 3.63) is 23.9 Å². The molecule has 1 saturated carbocycles. The number of nitrogens with one attached hydrogen (secondary N) is 2. The lowest BCUT2D eigenvalue weighted by atomic mass is 9.92. The number of aromatic nitrogens is 2. The molecule has 0 bridgehead atoms. The van der Waals surface area contributed by atoms with Gasteiger partial charge < -0.3 is 10.1 Å². The first-order valence-electron chi connectivity index (χ1n) is 8.66. The van der Waals surface area contributed by atoms with Crippen LogP contribution in [0.4, 0.5) is 0 Å². The molecule has 5 heteroatoms. The summed E-state index contributed by atoms with van der Waals surface area (Å²) in [6, 6.07) is 4.79. The van der Waals surface area contributed by atoms with Gasteiger partial charge in [0.2, 0.25) is 0 Å². The fourth-order valence-corrected chi connectivity index (χ4v) is 3.50. The van der Waals surface area contributed by atoms with Gasteiger partial charge in [0.05, 0.1) is 11.7 Å². The Morgan fingerprint density at radius 1 is 1.30 bits per heavy atom. The smallest absolute Gasteiger partial charge is 0.123 e. The summed E-state index contributed by atoms with van der Waals surface area (Å²) >= 11 is 0. The average Bonchev–Trinajstić information content (AvgIpc) is 3.02. The van der Waals surface area contributed by atoms with Crippen molar-refractivity contribution >= 4 is 23.3 Å². The average molecular weight is 338 g/mol. The summed E-state index contributed by atoms with van der Waals surface area (Å²) in [4.78, 5) is 0. The second-order valence-electron chi connectivity index (χ2n) is 6.28. The molecule has 0 saturated heterocycles. The van der Waals surface area contributed by atoms with Gasteiger partial charge in [0, 0.05) is 17.0 Å². The van der Waals surface area contributed by atoms with Crippen LogP contribution in [0.15, 0.2) is 18.3 Å². The molecule has 1 aromatic heterocycles. The monoisotopic (exact) mass is 337 g/mol. The van der Waals surface area contributed by atoms with E-state index in [4.69, 9.17) is 4.74 Å². The summed E-state index contributed by atoms with van der Waals surface area (Å²) in [6.45, 7) is 5.51. The summed E-state index contributed by atoms with van der Waals surface area (Å²) in [5.74, 6) is 1.04. The Morgan fingerprint density at radius 3 is 2.96 bits per heavy atom. The van der Waals surface area contributed by atoms with Crippen LogP contribution in [-0.4, -0.2) is 28.9 Å². The van der Waals surface area contributed by atoms with Crippen molar-refractivity contribution in [1.82, 2.24) is 15.5 Å². The van der Waals surface area contributed by atoms with E-state index < -0.39 is 0 Å². The van der Waals surface area contributed by atoms with Gasteiger partial charge in [-0.05, 0) is 57.2 Å². The molecule has 1 fully saturated rings. The summed E-state index contributed by atoms with van der Waals surface area (Å²) in [5, 5.41) is 12.0. The van der Waals surface area contributed by atoms with Crippen LogP contribution in [-0.2, 0) is 6.42 Å². The first kappa shape index (κ1) is 18.1. The number of ether oxygens (including phenoxy) is 1. The van der Waals surface area contributed by atoms with Gasteiger partial charge >= 0.3 is 0 Å². The normalized spacial score (nSPS) is 21.1. The molecule has 2 atom stereocenters. The van der Waals surface area contributed by atoms with E-state index in [0.29, 0.717) is 12.1 Å². The molecule has 1 aliphatic carbocycles. The van der Waals surface area contributed by atoms with Crippen LogP contribution >= 0.6 is 12.4 Å². The van der Waals surface area contributed by atoms with Crippen LogP contribution in [0.25, 0.3) is 10.9 Å². The number of H-pyrrole nitrogens is 1. The summed E-state index contributed by atoms with van der Waals surface area (Å²) in [7, 11) is 0. The molecule has 0 spiro atoms. The maximum absolute atomic E-state index is 6.38. The van der Waals surface area contributed by atoms with E-state index in [-0.39, 0.29) is 12.4 Å². The summed E-state index contributed by atoms with van der Waals surface area (Å²) < 4.78 is 6.38. The van der Waals surface area contributed by atoms with Crippen LogP contribution < -0.4 is 10.1 Å². The molecule has 0 radical (unpaired) electrons. The van der Waals surface area contributed by atoms with Crippen molar-refractivity contribution in [1.29, 1.82) is 0 Å². The number of benzene rings is 1. The number of rotatable bonds is 6. The number of hydrogen-bond donors (Lipinski definition) is 2. The van der Waals surface area contributed by atoms with E-state index in [9.17, 15) is 0 Å². The van der Waals surface area contributed by atoms with Gasteiger partial charge in [-0.3, -0.25) is 5.10 Å². The molecule has 3 rings (SSSR count). The van der Waals surface area contributed by atoms with Gasteiger partial charge in [-0.25, -0.2) is 0 Å². The van der Waals surface area contributed by atoms with Crippen molar-refractivity contribution in [2.75, 3.05) is 6.54 Å². The maximum Gasteiger partial charge on any atom is 0.123 e. The molecule has 23 heavy (non-hydrogen) atoms. The Kier molecular flexibility index (Phi) is 6.72. The SMILES string of the molecule is CCCN[C@@H]1CCC[C@H](Oc2ccc3[nH]ncc3c2CC)C1.Cl. The zero-order chi connectivity index (χ0) is 15.4. The summed E-state index contributed by atoms with van der Waals surface area (Å²) in [5.41, 5.74) is 2.37. The molecule has 4 nitrogen and oxygen atoms in total. The Bertz CT molecular complexity index is 613. The quantitative estimate of drug-likeness (QED) is 0.829. The van der Waals surface area contributed by atoms with Gasteiger partial charge in [0.15, 0.2) is 0 Å². The number of aryl methyl sites for hydroxylation is 1. The predicted octanol–water partition coefficient (Wildman–Crippen LogP) is 4.24. The maximum atomic E-state index is 6.38. The Balaban J connectivity index is 0.00000192. The van der Waals surface area contributed by atoms with Crippen LogP contribution in [0.3, 0.4) is 0 Å². The minimum Gasteiger partial charge on any atom is -0.490 e. The largest absolute Gasteiger partial charge is 0.490 e. The zero-order valence-corrected chi connectivity index (χ0v) is 14.9. The molecule has 2 aromatic rings. The second kappa shape index (κ2) is 8.55. The van der Waals surface area contributed by atoms with Gasteiger partial charge in [-0.15, -0.1) is 12.4 Å². The Hall–Kier alpha value is -1.26. The number of hydrogen-bond acceptors (Lipinski definition) is 3. The van der Waals surface area contributed by atoms with Crippen LogP contribution in [0.2, 0.25) is 0 Å². The Labute approximate surface area is 144 Å². The molecule has 2 N–H and O–H groups in total. The minimum absolute atomic E-state index is 0. The summed E-state index contributed by atoms with van der Waals surface area (Å²) in [6.07, 6.45) is 9.22. The zero-order valence-electron chi connectivity index (χ0n) is 14.1. The number of nitrogens with zero attached hydrogens (tertiary/aromatic N) is 1. The first-order valence-corrected chi connectivity index (χ1v) is 8.66. The van der Waals surface area contributed by atoms with Crippen LogP contribution in [0, 0.1) is 0 Å². The number of aromatic amines is 1. The van der Waals surface area contributed by atoms with E-state index >= 15 is 0 Å². The molecule has 128 valence electrons. The van der Waals surface area contributed by atoms with Crippen molar-refractivity contribution in [2.45, 2.75) is 64.5 Å². The van der Waals surface area contributed by atoms with E-state index in [1.165, 1.54) is 30.2 Å². The van der Waals surface area contributed by atoms with Crippen molar-refractivity contribution < 1.29 is 4.74 Å². The lowest BCUT2D eigenvalue weighted by Crippen LogP contribution is -2.38. The van der Waals surface area contributed by atoms with Crippen molar-refractivity contribution in [2.24, 2.45) is 0 Å². The molecule has 1 heterocycles. The molecule has 0 amide bonds. The first-order chi connectivity index (χ1) is 10.8. The van der Waals surface area contributed by atoms with Crippen molar-refractivity contribution in [3.63, 3.8) is 0 Å². The van der Waals surface area contributed by atoms with Gasteiger partial charge in [-0.2, -0.15) is 5.10 Å². The number of fused-ring (bicyclic) bond motifs is 1. The third-order valence-electron chi connectivity index (χ3n) is 4.65. The van der Waals surface area contributed by atoms with Crippen molar-refractivity contribution in [3.8, 4) is 5.75 Å². The van der Waals surface area contributed by atoms with E-state index in [0.717, 1.165) is 37.1 Å². The second-order valence-corrected chi connectivity index (χ2v) is 6.28. The fourth-order valence-electron chi connectivity index (χ4n) is 3.50. The third-order valence-corrected chi connectivity index (χ3v) is 4.65. The van der Waals surface area contributed by atoms with E-state index in [1.807, 2.05) is 6.20 Å². The van der Waals surface area contributed by atoms with Crippen LogP contribution in [0.1, 0.15) is 51.5 Å². The van der Waals surface area contributed by atoms with Gasteiger partial charge in [0.1, 0.15) is 11.9 Å². The fraction of sp³-hybridized carbons (Fsp3) is 0.611. The molecule has 0 aliphatic heterocycles. The molecule has 1 aromatic carbocycles.